The lowest BCUT2D eigenvalue weighted by Crippen LogP contribution is -2.57. The summed E-state index contributed by atoms with van der Waals surface area (Å²) in [5.74, 6) is -0.0560. The van der Waals surface area contributed by atoms with Crippen LogP contribution < -0.4 is 0 Å². The van der Waals surface area contributed by atoms with Gasteiger partial charge in [0.1, 0.15) is 0 Å². The fraction of sp³-hybridized carbons (Fsp3) is 0.412. The van der Waals surface area contributed by atoms with Gasteiger partial charge in [0, 0.05) is 20.1 Å². The monoisotopic (exact) mass is 633 g/mol. The van der Waals surface area contributed by atoms with E-state index in [1.807, 2.05) is 31.2 Å². The van der Waals surface area contributed by atoms with Gasteiger partial charge in [0.2, 0.25) is 5.91 Å². The first-order valence-electron chi connectivity index (χ1n) is 14.6. The second kappa shape index (κ2) is 12.8. The highest BCUT2D eigenvalue weighted by atomic mass is 19.4. The summed E-state index contributed by atoms with van der Waals surface area (Å²) in [6, 6.07) is 6.00. The average molecular weight is 634 g/mol. The molecule has 2 saturated heterocycles. The van der Waals surface area contributed by atoms with Gasteiger partial charge in [-0.1, -0.05) is 42.5 Å². The lowest BCUT2D eigenvalue weighted by molar-refractivity contribution is -0.143. The molecule has 2 aliphatic heterocycles. The highest BCUT2D eigenvalue weighted by Crippen LogP contribution is 2.50. The SMILES string of the molecule is C=CCC(c1cc(C(F)(F)F)cc(C(F)(F)F)c1)N(C)C(=O)N1CCN2C(=O)C(CC=C)(CC=C)C[C@H]2[C@@H]1c1ccccc1C. The van der Waals surface area contributed by atoms with E-state index in [9.17, 15) is 35.9 Å². The predicted molar refractivity (Wildman–Crippen MR) is 160 cm³/mol. The number of carbonyl (C=O) groups excluding carboxylic acids is 2. The highest BCUT2D eigenvalue weighted by molar-refractivity contribution is 5.87. The van der Waals surface area contributed by atoms with Gasteiger partial charge in [-0.3, -0.25) is 4.79 Å². The van der Waals surface area contributed by atoms with Crippen molar-refractivity contribution in [2.45, 2.75) is 63.1 Å². The normalized spacial score (nSPS) is 20.4. The van der Waals surface area contributed by atoms with Gasteiger partial charge in [-0.2, -0.15) is 26.3 Å². The number of urea groups is 1. The molecule has 242 valence electrons. The zero-order valence-electron chi connectivity index (χ0n) is 25.3. The van der Waals surface area contributed by atoms with E-state index in [2.05, 4.69) is 19.7 Å². The van der Waals surface area contributed by atoms with Gasteiger partial charge in [0.15, 0.2) is 0 Å². The van der Waals surface area contributed by atoms with Gasteiger partial charge < -0.3 is 14.7 Å². The summed E-state index contributed by atoms with van der Waals surface area (Å²) in [5.41, 5.74) is -2.34. The number of carbonyl (C=O) groups is 2. The average Bonchev–Trinajstić information content (AvgIpc) is 3.25. The van der Waals surface area contributed by atoms with Crippen LogP contribution >= 0.6 is 0 Å². The van der Waals surface area contributed by atoms with E-state index in [-0.39, 0.29) is 37.0 Å². The van der Waals surface area contributed by atoms with E-state index in [1.54, 1.807) is 22.0 Å². The Morgan fingerprint density at radius 2 is 1.56 bits per heavy atom. The van der Waals surface area contributed by atoms with E-state index in [0.717, 1.165) is 11.1 Å². The fourth-order valence-corrected chi connectivity index (χ4v) is 6.83. The first kappa shape index (κ1) is 33.9. The Labute approximate surface area is 259 Å². The molecule has 2 aromatic rings. The van der Waals surface area contributed by atoms with Crippen molar-refractivity contribution in [2.24, 2.45) is 5.41 Å². The second-order valence-corrected chi connectivity index (χ2v) is 11.8. The first-order chi connectivity index (χ1) is 21.1. The van der Waals surface area contributed by atoms with Crippen LogP contribution in [0.15, 0.2) is 80.4 Å². The van der Waals surface area contributed by atoms with Crippen molar-refractivity contribution in [3.05, 3.63) is 108 Å². The Balaban J connectivity index is 1.80. The van der Waals surface area contributed by atoms with E-state index in [4.69, 9.17) is 0 Å². The maximum atomic E-state index is 14.4. The van der Waals surface area contributed by atoms with Gasteiger partial charge in [-0.25, -0.2) is 4.79 Å². The van der Waals surface area contributed by atoms with Gasteiger partial charge in [-0.15, -0.1) is 19.7 Å². The molecule has 0 spiro atoms. The molecule has 0 aromatic heterocycles. The molecule has 0 saturated carbocycles. The van der Waals surface area contributed by atoms with Crippen LogP contribution in [0.1, 0.15) is 65.6 Å². The summed E-state index contributed by atoms with van der Waals surface area (Å²) >= 11 is 0. The molecule has 3 atom stereocenters. The number of hydrogen-bond donors (Lipinski definition) is 0. The zero-order valence-corrected chi connectivity index (χ0v) is 25.3. The van der Waals surface area contributed by atoms with Crippen molar-refractivity contribution < 1.29 is 35.9 Å². The number of benzene rings is 2. The van der Waals surface area contributed by atoms with E-state index < -0.39 is 53.1 Å². The molecule has 0 bridgehead atoms. The molecule has 2 heterocycles. The number of allylic oxidation sites excluding steroid dienone is 2. The third-order valence-electron chi connectivity index (χ3n) is 8.97. The number of amides is 3. The molecule has 0 N–H and O–H groups in total. The third-order valence-corrected chi connectivity index (χ3v) is 8.97. The first-order valence-corrected chi connectivity index (χ1v) is 14.6. The van der Waals surface area contributed by atoms with Crippen LogP contribution in [-0.2, 0) is 17.1 Å². The minimum absolute atomic E-state index is 0.0560. The minimum atomic E-state index is -5.04. The Hall–Kier alpha value is -4.02. The van der Waals surface area contributed by atoms with Crippen molar-refractivity contribution in [3.63, 3.8) is 0 Å². The summed E-state index contributed by atoms with van der Waals surface area (Å²) in [6.45, 7) is 13.5. The molecule has 11 heteroatoms. The Morgan fingerprint density at radius 1 is 0.978 bits per heavy atom. The number of hydrogen-bond acceptors (Lipinski definition) is 2. The predicted octanol–water partition coefficient (Wildman–Crippen LogP) is 8.50. The van der Waals surface area contributed by atoms with Crippen molar-refractivity contribution >= 4 is 11.9 Å². The highest BCUT2D eigenvalue weighted by Gasteiger charge is 2.56. The van der Waals surface area contributed by atoms with Crippen molar-refractivity contribution in [3.8, 4) is 0 Å². The van der Waals surface area contributed by atoms with Crippen LogP contribution in [0.3, 0.4) is 0 Å². The topological polar surface area (TPSA) is 43.9 Å². The number of nitrogens with zero attached hydrogens (tertiary/aromatic N) is 3. The van der Waals surface area contributed by atoms with E-state index in [0.29, 0.717) is 31.4 Å². The van der Waals surface area contributed by atoms with Crippen molar-refractivity contribution in [2.75, 3.05) is 20.1 Å². The summed E-state index contributed by atoms with van der Waals surface area (Å²) in [7, 11) is 1.37. The lowest BCUT2D eigenvalue weighted by atomic mass is 9.76. The quantitative estimate of drug-likeness (QED) is 0.205. The molecule has 3 amide bonds. The molecule has 45 heavy (non-hydrogen) atoms. The molecule has 0 aliphatic carbocycles. The fourth-order valence-electron chi connectivity index (χ4n) is 6.83. The van der Waals surface area contributed by atoms with Crippen LogP contribution in [-0.4, -0.2) is 52.8 Å². The number of fused-ring (bicyclic) bond motifs is 1. The van der Waals surface area contributed by atoms with Gasteiger partial charge in [0.05, 0.1) is 34.7 Å². The number of halogens is 6. The molecule has 2 aliphatic rings. The van der Waals surface area contributed by atoms with Crippen LogP contribution in [0.25, 0.3) is 0 Å². The Kier molecular flexibility index (Phi) is 9.61. The van der Waals surface area contributed by atoms with Gasteiger partial charge in [0.25, 0.3) is 0 Å². The van der Waals surface area contributed by atoms with Crippen LogP contribution in [0, 0.1) is 12.3 Å². The van der Waals surface area contributed by atoms with Gasteiger partial charge in [-0.05, 0) is 67.5 Å². The lowest BCUT2D eigenvalue weighted by Gasteiger charge is -2.47. The number of aryl methyl sites for hydroxylation is 1. The molecule has 1 unspecified atom stereocenters. The summed E-state index contributed by atoms with van der Waals surface area (Å²) in [6.07, 6.45) is -4.19. The minimum Gasteiger partial charge on any atom is -0.335 e. The number of piperazine rings is 1. The standard InChI is InChI=1S/C34H37F6N3O2/c1-6-11-27(23-18-24(33(35,36)37)20-25(19-23)34(38,39)40)41(5)31(45)43-17-16-42-28(29(43)26-13-10-9-12-22(26)4)21-32(14-7-2,15-8-3)30(42)44/h6-10,12-13,18-20,27-29H,1-3,11,14-17,21H2,4-5H3/t27?,28-,29-/m0/s1. The van der Waals surface area contributed by atoms with Crippen molar-refractivity contribution in [1.82, 2.24) is 14.7 Å². The summed E-state index contributed by atoms with van der Waals surface area (Å²) in [4.78, 5) is 32.8. The maximum Gasteiger partial charge on any atom is 0.416 e. The van der Waals surface area contributed by atoms with E-state index in [1.165, 1.54) is 18.0 Å². The van der Waals surface area contributed by atoms with E-state index >= 15 is 0 Å². The summed E-state index contributed by atoms with van der Waals surface area (Å²) < 4.78 is 82.3. The molecule has 4 rings (SSSR count). The molecule has 2 fully saturated rings. The third kappa shape index (κ3) is 6.53. The number of alkyl halides is 6. The second-order valence-electron chi connectivity index (χ2n) is 11.8. The zero-order chi connectivity index (χ0) is 33.3. The molecular weight excluding hydrogens is 596 g/mol. The molecule has 2 aromatic carbocycles. The Bertz CT molecular complexity index is 1420. The van der Waals surface area contributed by atoms with Gasteiger partial charge >= 0.3 is 18.4 Å². The molecule has 0 radical (unpaired) electrons. The number of rotatable bonds is 9. The van der Waals surface area contributed by atoms with Crippen LogP contribution in [0.5, 0.6) is 0 Å². The Morgan fingerprint density at radius 3 is 2.07 bits per heavy atom. The molecular formula is C34H37F6N3O2. The molecule has 5 nitrogen and oxygen atoms in total. The smallest absolute Gasteiger partial charge is 0.335 e. The maximum absolute atomic E-state index is 14.4. The van der Waals surface area contributed by atoms with Crippen molar-refractivity contribution in [1.29, 1.82) is 0 Å². The largest absolute Gasteiger partial charge is 0.416 e. The van der Waals surface area contributed by atoms with Crippen LogP contribution in [0.2, 0.25) is 0 Å². The summed E-state index contributed by atoms with van der Waals surface area (Å²) in [5, 5.41) is 0. The van der Waals surface area contributed by atoms with Crippen LogP contribution in [0.4, 0.5) is 31.1 Å².